The van der Waals surface area contributed by atoms with Gasteiger partial charge >= 0.3 is 0 Å². The van der Waals surface area contributed by atoms with Crippen molar-refractivity contribution in [2.24, 2.45) is 11.8 Å². The highest BCUT2D eigenvalue weighted by atomic mass is 16.1. The van der Waals surface area contributed by atoms with Crippen LogP contribution in [0.5, 0.6) is 0 Å². The maximum atomic E-state index is 11.7. The summed E-state index contributed by atoms with van der Waals surface area (Å²) in [5.41, 5.74) is 0.970. The van der Waals surface area contributed by atoms with Crippen molar-refractivity contribution in [2.45, 2.75) is 40.8 Å². The standard InChI is InChI=1S/C14H26N4O/c1-11(2)5-15-7-13-8-18(10-17-13)9-14(19)16-6-12(3)4/h8,10-12,15H,5-7,9H2,1-4H3,(H,16,19). The van der Waals surface area contributed by atoms with Crippen molar-refractivity contribution < 1.29 is 4.79 Å². The van der Waals surface area contributed by atoms with Crippen molar-refractivity contribution in [1.29, 1.82) is 0 Å². The smallest absolute Gasteiger partial charge is 0.239 e. The molecule has 1 heterocycles. The molecule has 5 nitrogen and oxygen atoms in total. The van der Waals surface area contributed by atoms with Crippen LogP contribution in [0.25, 0.3) is 0 Å². The first-order valence-corrected chi connectivity index (χ1v) is 6.95. The Bertz CT molecular complexity index is 385. The SMILES string of the molecule is CC(C)CNCc1cn(CC(=O)NCC(C)C)cn1. The normalized spacial score (nSPS) is 11.3. The molecular formula is C14H26N4O. The Balaban J connectivity index is 2.31. The number of nitrogens with one attached hydrogen (secondary N) is 2. The summed E-state index contributed by atoms with van der Waals surface area (Å²) in [7, 11) is 0. The fraction of sp³-hybridized carbons (Fsp3) is 0.714. The van der Waals surface area contributed by atoms with Crippen LogP contribution in [0.2, 0.25) is 0 Å². The van der Waals surface area contributed by atoms with Gasteiger partial charge in [-0.25, -0.2) is 4.98 Å². The van der Waals surface area contributed by atoms with Gasteiger partial charge in [-0.3, -0.25) is 4.79 Å². The molecule has 0 saturated heterocycles. The first-order chi connectivity index (χ1) is 8.97. The first kappa shape index (κ1) is 15.7. The molecule has 2 N–H and O–H groups in total. The van der Waals surface area contributed by atoms with Gasteiger partial charge in [0.25, 0.3) is 0 Å². The van der Waals surface area contributed by atoms with Crippen LogP contribution in [-0.4, -0.2) is 28.5 Å². The molecule has 0 atom stereocenters. The number of aromatic nitrogens is 2. The van der Waals surface area contributed by atoms with Gasteiger partial charge in [0.15, 0.2) is 0 Å². The summed E-state index contributed by atoms with van der Waals surface area (Å²) < 4.78 is 1.82. The van der Waals surface area contributed by atoms with E-state index in [0.717, 1.165) is 25.3 Å². The maximum Gasteiger partial charge on any atom is 0.239 e. The molecule has 0 saturated carbocycles. The Morgan fingerprint density at radius 2 is 1.95 bits per heavy atom. The molecule has 0 bridgehead atoms. The topological polar surface area (TPSA) is 59.0 Å². The predicted molar refractivity (Wildman–Crippen MR) is 76.6 cm³/mol. The lowest BCUT2D eigenvalue weighted by atomic mass is 10.2. The zero-order valence-electron chi connectivity index (χ0n) is 12.4. The van der Waals surface area contributed by atoms with Crippen LogP contribution in [0, 0.1) is 11.8 Å². The van der Waals surface area contributed by atoms with Crippen LogP contribution in [-0.2, 0) is 17.9 Å². The van der Waals surface area contributed by atoms with Gasteiger partial charge in [0.05, 0.1) is 12.0 Å². The average Bonchev–Trinajstić information content (AvgIpc) is 2.73. The predicted octanol–water partition coefficient (Wildman–Crippen LogP) is 1.40. The van der Waals surface area contributed by atoms with Gasteiger partial charge in [0, 0.05) is 19.3 Å². The Hall–Kier alpha value is -1.36. The molecule has 0 radical (unpaired) electrons. The zero-order chi connectivity index (χ0) is 14.3. The molecule has 108 valence electrons. The second kappa shape index (κ2) is 7.94. The van der Waals surface area contributed by atoms with Crippen LogP contribution < -0.4 is 10.6 Å². The molecule has 1 amide bonds. The summed E-state index contributed by atoms with van der Waals surface area (Å²) in [4.78, 5) is 15.9. The van der Waals surface area contributed by atoms with Crippen molar-refractivity contribution >= 4 is 5.91 Å². The minimum Gasteiger partial charge on any atom is -0.354 e. The van der Waals surface area contributed by atoms with Crippen molar-refractivity contribution in [1.82, 2.24) is 20.2 Å². The van der Waals surface area contributed by atoms with Crippen LogP contribution in [0.3, 0.4) is 0 Å². The van der Waals surface area contributed by atoms with Gasteiger partial charge in [-0.2, -0.15) is 0 Å². The lowest BCUT2D eigenvalue weighted by Gasteiger charge is -2.07. The van der Waals surface area contributed by atoms with E-state index >= 15 is 0 Å². The summed E-state index contributed by atoms with van der Waals surface area (Å²) in [6.07, 6.45) is 3.63. The fourth-order valence-electron chi connectivity index (χ4n) is 1.61. The molecule has 0 unspecified atom stereocenters. The van der Waals surface area contributed by atoms with Crippen molar-refractivity contribution in [2.75, 3.05) is 13.1 Å². The van der Waals surface area contributed by atoms with E-state index in [-0.39, 0.29) is 5.91 Å². The molecule has 0 aliphatic heterocycles. The van der Waals surface area contributed by atoms with E-state index in [2.05, 4.69) is 43.3 Å². The molecule has 1 rings (SSSR count). The monoisotopic (exact) mass is 266 g/mol. The van der Waals surface area contributed by atoms with E-state index < -0.39 is 0 Å². The molecule has 1 aromatic rings. The quantitative estimate of drug-likeness (QED) is 0.748. The summed E-state index contributed by atoms with van der Waals surface area (Å²) >= 11 is 0. The number of carbonyl (C=O) groups is 1. The largest absolute Gasteiger partial charge is 0.354 e. The third kappa shape index (κ3) is 6.96. The van der Waals surface area contributed by atoms with Gasteiger partial charge in [-0.05, 0) is 18.4 Å². The molecule has 1 aromatic heterocycles. The Labute approximate surface area is 115 Å². The van der Waals surface area contributed by atoms with Crippen molar-refractivity contribution in [3.8, 4) is 0 Å². The molecule has 0 fully saturated rings. The molecular weight excluding hydrogens is 240 g/mol. The first-order valence-electron chi connectivity index (χ1n) is 6.95. The zero-order valence-corrected chi connectivity index (χ0v) is 12.4. The fourth-order valence-corrected chi connectivity index (χ4v) is 1.61. The van der Waals surface area contributed by atoms with E-state index in [4.69, 9.17) is 0 Å². The number of hydrogen-bond acceptors (Lipinski definition) is 3. The maximum absolute atomic E-state index is 11.7. The summed E-state index contributed by atoms with van der Waals surface area (Å²) in [5.74, 6) is 1.14. The van der Waals surface area contributed by atoms with E-state index in [1.54, 1.807) is 6.33 Å². The third-order valence-electron chi connectivity index (χ3n) is 2.58. The highest BCUT2D eigenvalue weighted by Gasteiger charge is 2.05. The Morgan fingerprint density at radius 1 is 1.26 bits per heavy atom. The lowest BCUT2D eigenvalue weighted by molar-refractivity contribution is -0.121. The number of carbonyl (C=O) groups excluding carboxylic acids is 1. The minimum absolute atomic E-state index is 0.0350. The summed E-state index contributed by atoms with van der Waals surface area (Å²) in [6, 6.07) is 0. The van der Waals surface area contributed by atoms with Crippen LogP contribution in [0.15, 0.2) is 12.5 Å². The Kier molecular flexibility index (Phi) is 6.56. The van der Waals surface area contributed by atoms with Crippen LogP contribution in [0.1, 0.15) is 33.4 Å². The molecule has 0 aromatic carbocycles. The van der Waals surface area contributed by atoms with Crippen molar-refractivity contribution in [3.63, 3.8) is 0 Å². The number of imidazole rings is 1. The molecule has 0 aliphatic rings. The van der Waals surface area contributed by atoms with Crippen LogP contribution >= 0.6 is 0 Å². The van der Waals surface area contributed by atoms with Gasteiger partial charge in [0.1, 0.15) is 6.54 Å². The summed E-state index contributed by atoms with van der Waals surface area (Å²) in [6.45, 7) is 11.3. The second-order valence-electron chi connectivity index (χ2n) is 5.76. The van der Waals surface area contributed by atoms with E-state index in [0.29, 0.717) is 18.4 Å². The average molecular weight is 266 g/mol. The summed E-state index contributed by atoms with van der Waals surface area (Å²) in [5, 5.41) is 6.23. The van der Waals surface area contributed by atoms with Crippen molar-refractivity contribution in [3.05, 3.63) is 18.2 Å². The highest BCUT2D eigenvalue weighted by Crippen LogP contribution is 1.97. The molecule has 19 heavy (non-hydrogen) atoms. The van der Waals surface area contributed by atoms with Gasteiger partial charge in [-0.1, -0.05) is 27.7 Å². The van der Waals surface area contributed by atoms with Gasteiger partial charge < -0.3 is 15.2 Å². The van der Waals surface area contributed by atoms with Crippen LogP contribution in [0.4, 0.5) is 0 Å². The second-order valence-corrected chi connectivity index (χ2v) is 5.76. The number of amides is 1. The highest BCUT2D eigenvalue weighted by molar-refractivity contribution is 5.75. The van der Waals surface area contributed by atoms with E-state index in [1.165, 1.54) is 0 Å². The number of hydrogen-bond donors (Lipinski definition) is 2. The van der Waals surface area contributed by atoms with E-state index in [9.17, 15) is 4.79 Å². The molecule has 0 spiro atoms. The van der Waals surface area contributed by atoms with Gasteiger partial charge in [0.2, 0.25) is 5.91 Å². The number of rotatable bonds is 8. The lowest BCUT2D eigenvalue weighted by Crippen LogP contribution is -2.30. The molecule has 5 heteroatoms. The minimum atomic E-state index is 0.0350. The third-order valence-corrected chi connectivity index (χ3v) is 2.58. The van der Waals surface area contributed by atoms with Gasteiger partial charge in [-0.15, -0.1) is 0 Å². The molecule has 0 aliphatic carbocycles. The van der Waals surface area contributed by atoms with E-state index in [1.807, 2.05) is 10.8 Å². The Morgan fingerprint density at radius 3 is 2.58 bits per heavy atom. The number of nitrogens with zero attached hydrogens (tertiary/aromatic N) is 2.